The van der Waals surface area contributed by atoms with Gasteiger partial charge in [-0.25, -0.2) is 0 Å². The van der Waals surface area contributed by atoms with E-state index in [4.69, 9.17) is 17.3 Å². The second-order valence-corrected chi connectivity index (χ2v) is 4.61. The molecule has 1 aromatic rings. The first-order chi connectivity index (χ1) is 8.15. The Balaban J connectivity index is 2.39. The summed E-state index contributed by atoms with van der Waals surface area (Å²) in [6, 6.07) is 7.36. The molecule has 0 bridgehead atoms. The van der Waals surface area contributed by atoms with E-state index in [-0.39, 0.29) is 24.5 Å². The van der Waals surface area contributed by atoms with E-state index in [1.165, 1.54) is 0 Å². The number of benzene rings is 1. The molecule has 3 N–H and O–H groups in total. The molecule has 1 aromatic carbocycles. The van der Waals surface area contributed by atoms with E-state index in [0.717, 1.165) is 5.69 Å². The molecule has 1 saturated heterocycles. The van der Waals surface area contributed by atoms with Crippen LogP contribution >= 0.6 is 11.6 Å². The Morgan fingerprint density at radius 3 is 2.88 bits per heavy atom. The second-order valence-electron chi connectivity index (χ2n) is 4.20. The minimum absolute atomic E-state index is 0.0366. The van der Waals surface area contributed by atoms with E-state index in [1.54, 1.807) is 0 Å². The molecule has 1 heterocycles. The number of carbonyl (C=O) groups is 1. The van der Waals surface area contributed by atoms with Crippen LogP contribution in [0.3, 0.4) is 0 Å². The fourth-order valence-electron chi connectivity index (χ4n) is 2.19. The molecule has 92 valence electrons. The standard InChI is InChI=1S/C12H16ClN3O/c1-8-7-15-12(17)11(6-14)16(8)10-5-3-2-4-9(10)13/h2-5,8,11H,6-7,14H2,1H3,(H,15,17). The van der Waals surface area contributed by atoms with Crippen molar-refractivity contribution in [2.24, 2.45) is 5.73 Å². The number of para-hydroxylation sites is 1. The van der Waals surface area contributed by atoms with Gasteiger partial charge in [0.2, 0.25) is 5.91 Å². The van der Waals surface area contributed by atoms with Gasteiger partial charge < -0.3 is 16.0 Å². The summed E-state index contributed by atoms with van der Waals surface area (Å²) >= 11 is 6.18. The van der Waals surface area contributed by atoms with Crippen LogP contribution in [0.2, 0.25) is 5.02 Å². The molecule has 17 heavy (non-hydrogen) atoms. The highest BCUT2D eigenvalue weighted by molar-refractivity contribution is 6.33. The number of anilines is 1. The van der Waals surface area contributed by atoms with Crippen LogP contribution in [0.4, 0.5) is 5.69 Å². The van der Waals surface area contributed by atoms with Crippen molar-refractivity contribution in [3.8, 4) is 0 Å². The largest absolute Gasteiger partial charge is 0.353 e. The highest BCUT2D eigenvalue weighted by atomic mass is 35.5. The van der Waals surface area contributed by atoms with Crippen LogP contribution in [0, 0.1) is 0 Å². The summed E-state index contributed by atoms with van der Waals surface area (Å²) in [5.74, 6) is -0.0366. The van der Waals surface area contributed by atoms with Crippen LogP contribution in [0.25, 0.3) is 0 Å². The molecule has 0 radical (unpaired) electrons. The number of rotatable bonds is 2. The molecule has 0 saturated carbocycles. The summed E-state index contributed by atoms with van der Waals surface area (Å²) in [5, 5.41) is 3.49. The van der Waals surface area contributed by atoms with Gasteiger partial charge in [0.05, 0.1) is 10.7 Å². The van der Waals surface area contributed by atoms with Gasteiger partial charge in [-0.2, -0.15) is 0 Å². The topological polar surface area (TPSA) is 58.4 Å². The van der Waals surface area contributed by atoms with Gasteiger partial charge in [0.25, 0.3) is 0 Å². The number of hydrogen-bond acceptors (Lipinski definition) is 3. The van der Waals surface area contributed by atoms with Gasteiger partial charge in [-0.05, 0) is 19.1 Å². The molecular formula is C12H16ClN3O. The predicted octanol–water partition coefficient (Wildman–Crippen LogP) is 0.992. The minimum Gasteiger partial charge on any atom is -0.353 e. The summed E-state index contributed by atoms with van der Waals surface area (Å²) in [5.41, 5.74) is 6.56. The van der Waals surface area contributed by atoms with Crippen molar-refractivity contribution in [1.29, 1.82) is 0 Å². The van der Waals surface area contributed by atoms with Crippen LogP contribution in [-0.2, 0) is 4.79 Å². The summed E-state index contributed by atoms with van der Waals surface area (Å²) in [4.78, 5) is 13.8. The number of amides is 1. The van der Waals surface area contributed by atoms with Crippen LogP contribution < -0.4 is 16.0 Å². The molecule has 2 unspecified atom stereocenters. The molecule has 0 spiro atoms. The lowest BCUT2D eigenvalue weighted by Gasteiger charge is -2.41. The molecule has 0 aromatic heterocycles. The van der Waals surface area contributed by atoms with Crippen molar-refractivity contribution >= 4 is 23.2 Å². The third-order valence-electron chi connectivity index (χ3n) is 3.04. The lowest BCUT2D eigenvalue weighted by atomic mass is 10.1. The highest BCUT2D eigenvalue weighted by Gasteiger charge is 2.33. The van der Waals surface area contributed by atoms with E-state index in [9.17, 15) is 4.79 Å². The van der Waals surface area contributed by atoms with Crippen molar-refractivity contribution in [3.63, 3.8) is 0 Å². The fourth-order valence-corrected chi connectivity index (χ4v) is 2.42. The molecule has 5 heteroatoms. The maximum atomic E-state index is 11.8. The number of nitrogens with one attached hydrogen (secondary N) is 1. The predicted molar refractivity (Wildman–Crippen MR) is 69.2 cm³/mol. The average Bonchev–Trinajstić information content (AvgIpc) is 2.33. The van der Waals surface area contributed by atoms with Gasteiger partial charge in [0.15, 0.2) is 0 Å². The zero-order valence-electron chi connectivity index (χ0n) is 9.69. The molecule has 0 aliphatic carbocycles. The summed E-state index contributed by atoms with van der Waals surface area (Å²) in [6.07, 6.45) is 0. The molecule has 4 nitrogen and oxygen atoms in total. The molecule has 2 atom stereocenters. The van der Waals surface area contributed by atoms with Gasteiger partial charge in [-0.15, -0.1) is 0 Å². The molecule has 1 aliphatic heterocycles. The third-order valence-corrected chi connectivity index (χ3v) is 3.36. The van der Waals surface area contributed by atoms with Gasteiger partial charge in [-0.3, -0.25) is 4.79 Å². The van der Waals surface area contributed by atoms with E-state index < -0.39 is 0 Å². The summed E-state index contributed by atoms with van der Waals surface area (Å²) in [6.45, 7) is 2.94. The van der Waals surface area contributed by atoms with E-state index in [0.29, 0.717) is 11.6 Å². The SMILES string of the molecule is CC1CNC(=O)C(CN)N1c1ccccc1Cl. The van der Waals surface area contributed by atoms with Crippen LogP contribution in [0.1, 0.15) is 6.92 Å². The van der Waals surface area contributed by atoms with Crippen molar-refractivity contribution < 1.29 is 4.79 Å². The maximum Gasteiger partial charge on any atom is 0.244 e. The number of nitrogens with zero attached hydrogens (tertiary/aromatic N) is 1. The Labute approximate surface area is 106 Å². The van der Waals surface area contributed by atoms with Crippen molar-refractivity contribution in [3.05, 3.63) is 29.3 Å². The Hall–Kier alpha value is -1.26. The third kappa shape index (κ3) is 2.23. The molecule has 1 amide bonds. The summed E-state index contributed by atoms with van der Waals surface area (Å²) in [7, 11) is 0. The van der Waals surface area contributed by atoms with E-state index in [1.807, 2.05) is 36.1 Å². The number of halogens is 1. The smallest absolute Gasteiger partial charge is 0.244 e. The van der Waals surface area contributed by atoms with E-state index in [2.05, 4.69) is 5.32 Å². The van der Waals surface area contributed by atoms with Crippen molar-refractivity contribution in [2.45, 2.75) is 19.0 Å². The van der Waals surface area contributed by atoms with Crippen LogP contribution in [0.5, 0.6) is 0 Å². The first kappa shape index (κ1) is 12.2. The van der Waals surface area contributed by atoms with Crippen LogP contribution in [-0.4, -0.2) is 31.1 Å². The van der Waals surface area contributed by atoms with Gasteiger partial charge in [0.1, 0.15) is 6.04 Å². The fraction of sp³-hybridized carbons (Fsp3) is 0.417. The number of piperazine rings is 1. The molecular weight excluding hydrogens is 238 g/mol. The highest BCUT2D eigenvalue weighted by Crippen LogP contribution is 2.29. The van der Waals surface area contributed by atoms with Crippen molar-refractivity contribution in [1.82, 2.24) is 5.32 Å². The average molecular weight is 254 g/mol. The summed E-state index contributed by atoms with van der Waals surface area (Å²) < 4.78 is 0. The Kier molecular flexibility index (Phi) is 3.54. The first-order valence-corrected chi connectivity index (χ1v) is 6.03. The second kappa shape index (κ2) is 4.94. The Morgan fingerprint density at radius 2 is 2.24 bits per heavy atom. The van der Waals surface area contributed by atoms with Gasteiger partial charge in [0, 0.05) is 19.1 Å². The molecule has 1 aliphatic rings. The van der Waals surface area contributed by atoms with Gasteiger partial charge >= 0.3 is 0 Å². The lowest BCUT2D eigenvalue weighted by molar-refractivity contribution is -0.123. The minimum atomic E-state index is -0.348. The monoisotopic (exact) mass is 253 g/mol. The first-order valence-electron chi connectivity index (χ1n) is 5.65. The Morgan fingerprint density at radius 1 is 1.53 bits per heavy atom. The number of carbonyl (C=O) groups excluding carboxylic acids is 1. The quantitative estimate of drug-likeness (QED) is 0.827. The lowest BCUT2D eigenvalue weighted by Crippen LogP contribution is -2.62. The van der Waals surface area contributed by atoms with E-state index >= 15 is 0 Å². The Bertz CT molecular complexity index is 424. The number of hydrogen-bond donors (Lipinski definition) is 2. The van der Waals surface area contributed by atoms with Crippen molar-refractivity contribution in [2.75, 3.05) is 18.0 Å². The molecule has 2 rings (SSSR count). The number of nitrogens with two attached hydrogens (primary N) is 1. The van der Waals surface area contributed by atoms with Crippen LogP contribution in [0.15, 0.2) is 24.3 Å². The van der Waals surface area contributed by atoms with Gasteiger partial charge in [-0.1, -0.05) is 23.7 Å². The maximum absolute atomic E-state index is 11.8. The zero-order chi connectivity index (χ0) is 12.4. The zero-order valence-corrected chi connectivity index (χ0v) is 10.4. The normalized spacial score (nSPS) is 24.6. The molecule has 1 fully saturated rings.